The molecule has 0 saturated heterocycles. The van der Waals surface area contributed by atoms with Gasteiger partial charge in [0.05, 0.1) is 6.20 Å². The van der Waals surface area contributed by atoms with E-state index in [1.807, 2.05) is 6.92 Å². The summed E-state index contributed by atoms with van der Waals surface area (Å²) < 4.78 is 14.4. The van der Waals surface area contributed by atoms with Gasteiger partial charge in [-0.15, -0.1) is 0 Å². The number of carboxylic acid groups (broad SMARTS) is 1. The maximum atomic E-state index is 13.1. The van der Waals surface area contributed by atoms with E-state index in [1.165, 1.54) is 11.7 Å². The second-order valence-corrected chi connectivity index (χ2v) is 5.61. The fourth-order valence-corrected chi connectivity index (χ4v) is 2.83. The number of amides is 1. The molecule has 1 aromatic rings. The molecule has 1 aromatic heterocycles. The molecule has 1 fully saturated rings. The minimum Gasteiger partial charge on any atom is -0.478 e. The summed E-state index contributed by atoms with van der Waals surface area (Å²) in [6, 6.07) is -0.124. The van der Waals surface area contributed by atoms with Crippen LogP contribution in [-0.4, -0.2) is 39.0 Å². The highest BCUT2D eigenvalue weighted by Gasteiger charge is 2.28. The predicted molar refractivity (Wildman–Crippen MR) is 73.9 cm³/mol. The lowest BCUT2D eigenvalue weighted by atomic mass is 9.83. The number of carbonyl (C=O) groups is 2. The van der Waals surface area contributed by atoms with Gasteiger partial charge in [0.25, 0.3) is 5.91 Å². The standard InChI is InChI=1S/C14H20FN3O3/c1-8(9-3-5-10(15)6-4-9)17-13(19)12-11(14(20)21)7-16-18(12)2/h7-10H,3-6H2,1-2H3,(H,17,19)(H,20,21). The van der Waals surface area contributed by atoms with Crippen LogP contribution in [0.1, 0.15) is 53.5 Å². The molecule has 1 saturated carbocycles. The monoisotopic (exact) mass is 297 g/mol. The van der Waals surface area contributed by atoms with E-state index >= 15 is 0 Å². The number of carbonyl (C=O) groups excluding carboxylic acids is 1. The Kier molecular flexibility index (Phi) is 4.59. The van der Waals surface area contributed by atoms with Crippen LogP contribution in [0.3, 0.4) is 0 Å². The molecule has 1 atom stereocenters. The molecule has 7 heteroatoms. The molecule has 1 amide bonds. The van der Waals surface area contributed by atoms with Gasteiger partial charge in [-0.3, -0.25) is 9.48 Å². The molecule has 21 heavy (non-hydrogen) atoms. The second-order valence-electron chi connectivity index (χ2n) is 5.61. The summed E-state index contributed by atoms with van der Waals surface area (Å²) in [5, 5.41) is 15.7. The average molecular weight is 297 g/mol. The van der Waals surface area contributed by atoms with E-state index in [-0.39, 0.29) is 23.2 Å². The molecule has 0 bridgehead atoms. The third kappa shape index (κ3) is 3.40. The number of carboxylic acids is 1. The topological polar surface area (TPSA) is 84.2 Å². The highest BCUT2D eigenvalue weighted by molar-refractivity contribution is 6.03. The van der Waals surface area contributed by atoms with Crippen molar-refractivity contribution in [2.24, 2.45) is 13.0 Å². The SMILES string of the molecule is CC(NC(=O)c1c(C(=O)O)cnn1C)C1CCC(F)CC1. The van der Waals surface area contributed by atoms with Gasteiger partial charge in [-0.1, -0.05) is 0 Å². The summed E-state index contributed by atoms with van der Waals surface area (Å²) in [7, 11) is 1.53. The summed E-state index contributed by atoms with van der Waals surface area (Å²) in [5.74, 6) is -1.41. The van der Waals surface area contributed by atoms with Crippen molar-refractivity contribution in [3.63, 3.8) is 0 Å². The number of alkyl halides is 1. The van der Waals surface area contributed by atoms with Crippen molar-refractivity contribution in [1.29, 1.82) is 0 Å². The Morgan fingerprint density at radius 2 is 2.05 bits per heavy atom. The van der Waals surface area contributed by atoms with Gasteiger partial charge in [0.2, 0.25) is 0 Å². The van der Waals surface area contributed by atoms with Crippen LogP contribution in [0.4, 0.5) is 4.39 Å². The van der Waals surface area contributed by atoms with E-state index in [0.29, 0.717) is 12.8 Å². The number of halogens is 1. The maximum absolute atomic E-state index is 13.1. The Balaban J connectivity index is 2.04. The van der Waals surface area contributed by atoms with Crippen molar-refractivity contribution in [3.05, 3.63) is 17.5 Å². The number of aryl methyl sites for hydroxylation is 1. The molecule has 0 spiro atoms. The minimum atomic E-state index is -1.18. The first-order valence-corrected chi connectivity index (χ1v) is 7.10. The van der Waals surface area contributed by atoms with Crippen molar-refractivity contribution in [2.75, 3.05) is 0 Å². The normalized spacial score (nSPS) is 23.6. The Morgan fingerprint density at radius 1 is 1.43 bits per heavy atom. The van der Waals surface area contributed by atoms with Crippen LogP contribution in [-0.2, 0) is 7.05 Å². The van der Waals surface area contributed by atoms with E-state index in [9.17, 15) is 14.0 Å². The fourth-order valence-electron chi connectivity index (χ4n) is 2.83. The first-order chi connectivity index (χ1) is 9.90. The lowest BCUT2D eigenvalue weighted by Crippen LogP contribution is -2.40. The molecular formula is C14H20FN3O3. The fraction of sp³-hybridized carbons (Fsp3) is 0.643. The quantitative estimate of drug-likeness (QED) is 0.887. The zero-order valence-electron chi connectivity index (χ0n) is 12.2. The number of nitrogens with zero attached hydrogens (tertiary/aromatic N) is 2. The highest BCUT2D eigenvalue weighted by Crippen LogP contribution is 2.28. The molecule has 1 unspecified atom stereocenters. The molecule has 6 nitrogen and oxygen atoms in total. The van der Waals surface area contributed by atoms with Gasteiger partial charge >= 0.3 is 5.97 Å². The molecule has 1 heterocycles. The number of nitrogens with one attached hydrogen (secondary N) is 1. The Hall–Kier alpha value is -1.92. The van der Waals surface area contributed by atoms with Gasteiger partial charge in [0.1, 0.15) is 17.4 Å². The van der Waals surface area contributed by atoms with E-state index in [1.54, 1.807) is 0 Å². The Labute approximate surface area is 122 Å². The van der Waals surface area contributed by atoms with Gasteiger partial charge in [-0.05, 0) is 38.5 Å². The van der Waals surface area contributed by atoms with Crippen molar-refractivity contribution in [3.8, 4) is 0 Å². The number of aromatic carboxylic acids is 1. The summed E-state index contributed by atoms with van der Waals surface area (Å²) in [4.78, 5) is 23.3. The van der Waals surface area contributed by atoms with Crippen LogP contribution in [0, 0.1) is 5.92 Å². The number of rotatable bonds is 4. The molecule has 0 radical (unpaired) electrons. The number of aromatic nitrogens is 2. The molecule has 2 N–H and O–H groups in total. The van der Waals surface area contributed by atoms with Gasteiger partial charge in [-0.25, -0.2) is 9.18 Å². The zero-order chi connectivity index (χ0) is 15.6. The van der Waals surface area contributed by atoms with Crippen LogP contribution < -0.4 is 5.32 Å². The number of hydrogen-bond donors (Lipinski definition) is 2. The largest absolute Gasteiger partial charge is 0.478 e. The molecule has 0 aliphatic heterocycles. The van der Waals surface area contributed by atoms with E-state index in [0.717, 1.165) is 19.0 Å². The van der Waals surface area contributed by atoms with Crippen molar-refractivity contribution in [2.45, 2.75) is 44.8 Å². The van der Waals surface area contributed by atoms with Gasteiger partial charge in [0.15, 0.2) is 0 Å². The van der Waals surface area contributed by atoms with Gasteiger partial charge in [-0.2, -0.15) is 5.10 Å². The minimum absolute atomic E-state index is 0.0357. The average Bonchev–Trinajstić information content (AvgIpc) is 2.81. The third-order valence-corrected chi connectivity index (χ3v) is 4.15. The van der Waals surface area contributed by atoms with E-state index in [2.05, 4.69) is 10.4 Å². The van der Waals surface area contributed by atoms with Gasteiger partial charge in [0, 0.05) is 13.1 Å². The van der Waals surface area contributed by atoms with Crippen LogP contribution in [0.15, 0.2) is 6.20 Å². The van der Waals surface area contributed by atoms with E-state index < -0.39 is 18.0 Å². The van der Waals surface area contributed by atoms with Crippen molar-refractivity contribution in [1.82, 2.24) is 15.1 Å². The predicted octanol–water partition coefficient (Wildman–Crippen LogP) is 1.76. The Bertz CT molecular complexity index is 536. The van der Waals surface area contributed by atoms with Crippen molar-refractivity contribution >= 4 is 11.9 Å². The molecule has 116 valence electrons. The van der Waals surface area contributed by atoms with Crippen LogP contribution in [0.2, 0.25) is 0 Å². The summed E-state index contributed by atoms with van der Waals surface area (Å²) in [5.41, 5.74) is -0.0804. The molecular weight excluding hydrogens is 277 g/mol. The molecule has 0 aromatic carbocycles. The lowest BCUT2D eigenvalue weighted by molar-refractivity contribution is 0.0689. The summed E-state index contributed by atoms with van der Waals surface area (Å²) in [6.07, 6.45) is 2.95. The third-order valence-electron chi connectivity index (χ3n) is 4.15. The first kappa shape index (κ1) is 15.5. The Morgan fingerprint density at radius 3 is 2.62 bits per heavy atom. The smallest absolute Gasteiger partial charge is 0.339 e. The van der Waals surface area contributed by atoms with Crippen LogP contribution >= 0.6 is 0 Å². The summed E-state index contributed by atoms with van der Waals surface area (Å²) >= 11 is 0. The molecule has 2 rings (SSSR count). The highest BCUT2D eigenvalue weighted by atomic mass is 19.1. The molecule has 1 aliphatic rings. The van der Waals surface area contributed by atoms with Crippen LogP contribution in [0.5, 0.6) is 0 Å². The zero-order valence-corrected chi connectivity index (χ0v) is 12.2. The second kappa shape index (κ2) is 6.24. The molecule has 1 aliphatic carbocycles. The summed E-state index contributed by atoms with van der Waals surface area (Å²) in [6.45, 7) is 1.87. The first-order valence-electron chi connectivity index (χ1n) is 7.10. The van der Waals surface area contributed by atoms with E-state index in [4.69, 9.17) is 5.11 Å². The maximum Gasteiger partial charge on any atom is 0.339 e. The van der Waals surface area contributed by atoms with Gasteiger partial charge < -0.3 is 10.4 Å². The number of hydrogen-bond acceptors (Lipinski definition) is 3. The van der Waals surface area contributed by atoms with Crippen LogP contribution in [0.25, 0.3) is 0 Å². The lowest BCUT2D eigenvalue weighted by Gasteiger charge is -2.29. The van der Waals surface area contributed by atoms with Crippen molar-refractivity contribution < 1.29 is 19.1 Å².